The summed E-state index contributed by atoms with van der Waals surface area (Å²) < 4.78 is 7.88. The average molecular weight is 397 g/mol. The van der Waals surface area contributed by atoms with E-state index in [-0.39, 0.29) is 5.91 Å². The average Bonchev–Trinajstić information content (AvgIpc) is 3.42. The lowest BCUT2D eigenvalue weighted by atomic mass is 9.95. The Morgan fingerprint density at radius 1 is 1.13 bits per heavy atom. The summed E-state index contributed by atoms with van der Waals surface area (Å²) in [5.74, 6) is 0.302. The van der Waals surface area contributed by atoms with E-state index in [4.69, 9.17) is 4.74 Å². The maximum atomic E-state index is 12.4. The van der Waals surface area contributed by atoms with Crippen molar-refractivity contribution in [1.29, 1.82) is 0 Å². The molecule has 5 heteroatoms. The molecule has 0 spiro atoms. The van der Waals surface area contributed by atoms with Crippen LogP contribution in [0.15, 0.2) is 73.1 Å². The Bertz CT molecular complexity index is 1190. The number of anilines is 1. The van der Waals surface area contributed by atoms with Crippen LogP contribution in [0.3, 0.4) is 0 Å². The van der Waals surface area contributed by atoms with Crippen molar-refractivity contribution in [3.8, 4) is 5.69 Å². The van der Waals surface area contributed by atoms with E-state index in [2.05, 4.69) is 46.1 Å². The van der Waals surface area contributed by atoms with Gasteiger partial charge in [-0.1, -0.05) is 12.1 Å². The van der Waals surface area contributed by atoms with E-state index in [0.29, 0.717) is 11.5 Å². The molecule has 0 saturated carbocycles. The first-order valence-electron chi connectivity index (χ1n) is 10.2. The normalized spacial score (nSPS) is 16.1. The Morgan fingerprint density at radius 2 is 2.00 bits per heavy atom. The Hall–Kier alpha value is -3.44. The van der Waals surface area contributed by atoms with Crippen LogP contribution in [-0.2, 0) is 4.74 Å². The smallest absolute Gasteiger partial charge is 0.257 e. The van der Waals surface area contributed by atoms with Gasteiger partial charge >= 0.3 is 0 Å². The third kappa shape index (κ3) is 3.37. The second-order valence-electron chi connectivity index (χ2n) is 7.70. The Morgan fingerprint density at radius 3 is 2.73 bits per heavy atom. The molecule has 1 aliphatic heterocycles. The van der Waals surface area contributed by atoms with Gasteiger partial charge in [0, 0.05) is 47.4 Å². The van der Waals surface area contributed by atoms with Gasteiger partial charge in [0.2, 0.25) is 0 Å². The number of rotatable bonds is 4. The minimum Gasteiger partial charge on any atom is -0.381 e. The van der Waals surface area contributed by atoms with Crippen LogP contribution in [0, 0.1) is 6.92 Å². The maximum absolute atomic E-state index is 12.4. The molecule has 1 atom stereocenters. The molecule has 5 rings (SSSR count). The zero-order chi connectivity index (χ0) is 20.5. The minimum atomic E-state index is -0.165. The van der Waals surface area contributed by atoms with Gasteiger partial charge < -0.3 is 14.6 Å². The molecule has 2 aromatic carbocycles. The molecule has 30 heavy (non-hydrogen) atoms. The van der Waals surface area contributed by atoms with E-state index in [1.54, 1.807) is 24.5 Å². The number of hydrogen-bond acceptors (Lipinski definition) is 3. The lowest BCUT2D eigenvalue weighted by Gasteiger charge is -2.12. The fourth-order valence-electron chi connectivity index (χ4n) is 4.26. The van der Waals surface area contributed by atoms with Crippen molar-refractivity contribution in [2.24, 2.45) is 0 Å². The zero-order valence-corrected chi connectivity index (χ0v) is 16.8. The highest BCUT2D eigenvalue weighted by Gasteiger charge is 2.21. The van der Waals surface area contributed by atoms with Crippen LogP contribution in [-0.4, -0.2) is 28.7 Å². The molecular weight excluding hydrogens is 374 g/mol. The summed E-state index contributed by atoms with van der Waals surface area (Å²) in [4.78, 5) is 16.4. The van der Waals surface area contributed by atoms with E-state index >= 15 is 0 Å². The first kappa shape index (κ1) is 18.6. The lowest BCUT2D eigenvalue weighted by Crippen LogP contribution is -2.12. The van der Waals surface area contributed by atoms with Crippen molar-refractivity contribution in [2.45, 2.75) is 19.3 Å². The first-order valence-corrected chi connectivity index (χ1v) is 10.2. The molecule has 150 valence electrons. The van der Waals surface area contributed by atoms with Gasteiger partial charge in [0.15, 0.2) is 0 Å². The molecule has 0 radical (unpaired) electrons. The standard InChI is InChI=1S/C25H23N3O2/c1-17-14-23-22(19-11-13-30-16-19)5-2-6-24(23)28(17)21-9-7-20(8-10-21)27-25(29)18-4-3-12-26-15-18/h2-10,12,14-15,19H,11,13,16H2,1H3,(H,27,29). The van der Waals surface area contributed by atoms with E-state index in [1.165, 1.54) is 22.2 Å². The van der Waals surface area contributed by atoms with Crippen LogP contribution in [0.5, 0.6) is 0 Å². The predicted octanol–water partition coefficient (Wildman–Crippen LogP) is 5.09. The van der Waals surface area contributed by atoms with Gasteiger partial charge in [0.1, 0.15) is 0 Å². The largest absolute Gasteiger partial charge is 0.381 e. The number of ether oxygens (including phenoxy) is 1. The third-order valence-electron chi connectivity index (χ3n) is 5.74. The molecule has 4 aromatic rings. The van der Waals surface area contributed by atoms with Crippen LogP contribution < -0.4 is 5.32 Å². The number of nitrogens with zero attached hydrogens (tertiary/aromatic N) is 2. The van der Waals surface area contributed by atoms with Crippen molar-refractivity contribution in [2.75, 3.05) is 18.5 Å². The number of amides is 1. The van der Waals surface area contributed by atoms with Crippen LogP contribution in [0.1, 0.15) is 34.0 Å². The molecular formula is C25H23N3O2. The van der Waals surface area contributed by atoms with Crippen molar-refractivity contribution in [3.63, 3.8) is 0 Å². The summed E-state index contributed by atoms with van der Waals surface area (Å²) in [5.41, 5.74) is 6.12. The number of carbonyl (C=O) groups excluding carboxylic acids is 1. The van der Waals surface area contributed by atoms with Crippen LogP contribution in [0.2, 0.25) is 0 Å². The summed E-state index contributed by atoms with van der Waals surface area (Å²) in [5, 5.41) is 4.22. The fourth-order valence-corrected chi connectivity index (χ4v) is 4.26. The summed E-state index contributed by atoms with van der Waals surface area (Å²) in [7, 11) is 0. The number of fused-ring (bicyclic) bond motifs is 1. The van der Waals surface area contributed by atoms with Gasteiger partial charge in [-0.15, -0.1) is 0 Å². The summed E-state index contributed by atoms with van der Waals surface area (Å²) >= 11 is 0. The van der Waals surface area contributed by atoms with Gasteiger partial charge in [0.05, 0.1) is 17.7 Å². The molecule has 1 unspecified atom stereocenters. The molecule has 5 nitrogen and oxygen atoms in total. The monoisotopic (exact) mass is 397 g/mol. The third-order valence-corrected chi connectivity index (χ3v) is 5.74. The number of carbonyl (C=O) groups is 1. The first-order chi connectivity index (χ1) is 14.7. The second-order valence-corrected chi connectivity index (χ2v) is 7.70. The van der Waals surface area contributed by atoms with Gasteiger partial charge in [-0.25, -0.2) is 0 Å². The molecule has 1 fully saturated rings. The van der Waals surface area contributed by atoms with Gasteiger partial charge in [-0.2, -0.15) is 0 Å². The predicted molar refractivity (Wildman–Crippen MR) is 118 cm³/mol. The van der Waals surface area contributed by atoms with Crippen LogP contribution >= 0.6 is 0 Å². The number of aromatic nitrogens is 2. The number of hydrogen-bond donors (Lipinski definition) is 1. The van der Waals surface area contributed by atoms with E-state index < -0.39 is 0 Å². The maximum Gasteiger partial charge on any atom is 0.257 e. The summed E-state index contributed by atoms with van der Waals surface area (Å²) in [6, 6.07) is 20.2. The number of nitrogens with one attached hydrogen (secondary N) is 1. The Kier molecular flexibility index (Phi) is 4.81. The lowest BCUT2D eigenvalue weighted by molar-refractivity contribution is 0.102. The summed E-state index contributed by atoms with van der Waals surface area (Å²) in [6.45, 7) is 3.77. The number of aryl methyl sites for hydroxylation is 1. The molecule has 3 heterocycles. The van der Waals surface area contributed by atoms with Crippen molar-refractivity contribution in [3.05, 3.63) is 89.9 Å². The highest BCUT2D eigenvalue weighted by molar-refractivity contribution is 6.04. The quantitative estimate of drug-likeness (QED) is 0.522. The van der Waals surface area contributed by atoms with Gasteiger partial charge in [-0.3, -0.25) is 9.78 Å². The van der Waals surface area contributed by atoms with Crippen LogP contribution in [0.4, 0.5) is 5.69 Å². The molecule has 0 bridgehead atoms. The zero-order valence-electron chi connectivity index (χ0n) is 16.8. The topological polar surface area (TPSA) is 56.1 Å². The Labute approximate surface area is 175 Å². The molecule has 1 aliphatic rings. The molecule has 2 aromatic heterocycles. The van der Waals surface area contributed by atoms with E-state index in [9.17, 15) is 4.79 Å². The fraction of sp³-hybridized carbons (Fsp3) is 0.200. The highest BCUT2D eigenvalue weighted by atomic mass is 16.5. The van der Waals surface area contributed by atoms with Gasteiger partial charge in [-0.05, 0) is 67.4 Å². The van der Waals surface area contributed by atoms with E-state index in [0.717, 1.165) is 31.0 Å². The van der Waals surface area contributed by atoms with Crippen LogP contribution in [0.25, 0.3) is 16.6 Å². The number of benzene rings is 2. The summed E-state index contributed by atoms with van der Waals surface area (Å²) in [6.07, 6.45) is 4.29. The van der Waals surface area contributed by atoms with Crippen molar-refractivity contribution < 1.29 is 9.53 Å². The molecule has 1 amide bonds. The van der Waals surface area contributed by atoms with Crippen molar-refractivity contribution in [1.82, 2.24) is 9.55 Å². The minimum absolute atomic E-state index is 0.165. The van der Waals surface area contributed by atoms with Crippen molar-refractivity contribution >= 4 is 22.5 Å². The molecule has 1 saturated heterocycles. The number of pyridine rings is 1. The molecule has 0 aliphatic carbocycles. The Balaban J connectivity index is 1.45. The highest BCUT2D eigenvalue weighted by Crippen LogP contribution is 2.34. The second kappa shape index (κ2) is 7.76. The van der Waals surface area contributed by atoms with Gasteiger partial charge in [0.25, 0.3) is 5.91 Å². The van der Waals surface area contributed by atoms with E-state index in [1.807, 2.05) is 24.3 Å². The SMILES string of the molecule is Cc1cc2c(C3CCOC3)cccc2n1-c1ccc(NC(=O)c2cccnc2)cc1. The molecule has 1 N–H and O–H groups in total.